The van der Waals surface area contributed by atoms with E-state index < -0.39 is 0 Å². The van der Waals surface area contributed by atoms with Crippen LogP contribution in [0.4, 0.5) is 0 Å². The Balaban J connectivity index is 1.31. The van der Waals surface area contributed by atoms with Gasteiger partial charge in [-0.2, -0.15) is 0 Å². The summed E-state index contributed by atoms with van der Waals surface area (Å²) >= 11 is 0. The van der Waals surface area contributed by atoms with E-state index in [1.54, 1.807) is 29.4 Å². The number of aromatic nitrogens is 3. The topological polar surface area (TPSA) is 71.3 Å². The summed E-state index contributed by atoms with van der Waals surface area (Å²) in [6.07, 6.45) is 11.2. The fourth-order valence-electron chi connectivity index (χ4n) is 4.61. The maximum absolute atomic E-state index is 12.6. The number of carbonyl (C=O) groups excluding carboxylic acids is 1. The SMILES string of the molecule is CN1C(=O)CCCCC1CN1CCC(Cn2cnc(-c3cccnc3)cc2=O)CC1. The van der Waals surface area contributed by atoms with E-state index in [1.165, 1.54) is 0 Å². The number of pyridine rings is 1. The van der Waals surface area contributed by atoms with E-state index in [0.717, 1.165) is 63.8 Å². The summed E-state index contributed by atoms with van der Waals surface area (Å²) in [5, 5.41) is 0. The second kappa shape index (κ2) is 9.51. The molecule has 7 heteroatoms. The van der Waals surface area contributed by atoms with Crippen LogP contribution in [0.1, 0.15) is 38.5 Å². The van der Waals surface area contributed by atoms with E-state index in [-0.39, 0.29) is 11.5 Å². The van der Waals surface area contributed by atoms with E-state index >= 15 is 0 Å². The molecule has 2 aromatic rings. The van der Waals surface area contributed by atoms with Crippen molar-refractivity contribution in [3.63, 3.8) is 0 Å². The molecule has 4 rings (SSSR count). The van der Waals surface area contributed by atoms with Crippen molar-refractivity contribution < 1.29 is 4.79 Å². The zero-order chi connectivity index (χ0) is 20.9. The van der Waals surface area contributed by atoms with Gasteiger partial charge >= 0.3 is 0 Å². The Kier molecular flexibility index (Phi) is 6.57. The monoisotopic (exact) mass is 409 g/mol. The molecule has 1 unspecified atom stereocenters. The number of amides is 1. The summed E-state index contributed by atoms with van der Waals surface area (Å²) in [5.74, 6) is 0.771. The van der Waals surface area contributed by atoms with Crippen LogP contribution < -0.4 is 5.56 Å². The molecule has 0 spiro atoms. The molecular formula is C23H31N5O2. The molecule has 2 fully saturated rings. The van der Waals surface area contributed by atoms with E-state index in [0.29, 0.717) is 24.1 Å². The number of likely N-dealkylation sites (tertiary alicyclic amines) is 2. The molecule has 2 saturated heterocycles. The summed E-state index contributed by atoms with van der Waals surface area (Å²) in [6, 6.07) is 5.70. The first-order valence-corrected chi connectivity index (χ1v) is 11.0. The van der Waals surface area contributed by atoms with Gasteiger partial charge in [0.2, 0.25) is 5.91 Å². The first kappa shape index (κ1) is 20.7. The quantitative estimate of drug-likeness (QED) is 0.758. The van der Waals surface area contributed by atoms with Gasteiger partial charge in [0.25, 0.3) is 5.56 Å². The molecule has 0 aliphatic carbocycles. The minimum atomic E-state index is -0.00937. The molecule has 2 aromatic heterocycles. The van der Waals surface area contributed by atoms with Crippen molar-refractivity contribution in [1.82, 2.24) is 24.3 Å². The van der Waals surface area contributed by atoms with Crippen molar-refractivity contribution in [1.29, 1.82) is 0 Å². The minimum Gasteiger partial charge on any atom is -0.341 e. The summed E-state index contributed by atoms with van der Waals surface area (Å²) in [7, 11) is 1.96. The number of carbonyl (C=O) groups is 1. The van der Waals surface area contributed by atoms with Gasteiger partial charge in [0, 0.05) is 56.6 Å². The van der Waals surface area contributed by atoms with Crippen LogP contribution in [0.3, 0.4) is 0 Å². The van der Waals surface area contributed by atoms with Crippen LogP contribution in [-0.2, 0) is 11.3 Å². The van der Waals surface area contributed by atoms with E-state index in [2.05, 4.69) is 14.9 Å². The molecule has 0 aromatic carbocycles. The van der Waals surface area contributed by atoms with Gasteiger partial charge in [-0.15, -0.1) is 0 Å². The average molecular weight is 410 g/mol. The number of nitrogens with zero attached hydrogens (tertiary/aromatic N) is 5. The van der Waals surface area contributed by atoms with Crippen molar-refractivity contribution in [3.8, 4) is 11.3 Å². The normalized spacial score (nSPS) is 21.6. The van der Waals surface area contributed by atoms with Crippen LogP contribution in [0.5, 0.6) is 0 Å². The minimum absolute atomic E-state index is 0.00937. The van der Waals surface area contributed by atoms with E-state index in [4.69, 9.17) is 0 Å². The number of rotatable bonds is 5. The molecule has 2 aliphatic rings. The molecule has 1 amide bonds. The number of likely N-dealkylation sites (N-methyl/N-ethyl adjacent to an activating group) is 1. The first-order valence-electron chi connectivity index (χ1n) is 11.0. The zero-order valence-electron chi connectivity index (χ0n) is 17.7. The fourth-order valence-corrected chi connectivity index (χ4v) is 4.61. The Morgan fingerprint density at radius 3 is 2.67 bits per heavy atom. The van der Waals surface area contributed by atoms with Crippen molar-refractivity contribution in [2.24, 2.45) is 5.92 Å². The Morgan fingerprint density at radius 2 is 1.93 bits per heavy atom. The first-order chi connectivity index (χ1) is 14.6. The number of hydrogen-bond donors (Lipinski definition) is 0. The highest BCUT2D eigenvalue weighted by atomic mass is 16.2. The van der Waals surface area contributed by atoms with Gasteiger partial charge in [0.05, 0.1) is 12.0 Å². The van der Waals surface area contributed by atoms with Crippen LogP contribution in [-0.4, -0.2) is 63.0 Å². The van der Waals surface area contributed by atoms with Crippen LogP contribution in [0, 0.1) is 5.92 Å². The molecule has 0 radical (unpaired) electrons. The van der Waals surface area contributed by atoms with Gasteiger partial charge in [0.15, 0.2) is 0 Å². The molecule has 30 heavy (non-hydrogen) atoms. The fraction of sp³-hybridized carbons (Fsp3) is 0.565. The maximum Gasteiger partial charge on any atom is 0.253 e. The smallest absolute Gasteiger partial charge is 0.253 e. The van der Waals surface area contributed by atoms with Crippen LogP contribution in [0.2, 0.25) is 0 Å². The molecule has 160 valence electrons. The highest BCUT2D eigenvalue weighted by Crippen LogP contribution is 2.22. The Labute approximate surface area is 177 Å². The Bertz CT molecular complexity index is 905. The van der Waals surface area contributed by atoms with Crippen LogP contribution in [0.15, 0.2) is 41.7 Å². The lowest BCUT2D eigenvalue weighted by atomic mass is 9.96. The molecule has 7 nitrogen and oxygen atoms in total. The second-order valence-electron chi connectivity index (χ2n) is 8.65. The predicted molar refractivity (Wildman–Crippen MR) is 116 cm³/mol. The highest BCUT2D eigenvalue weighted by molar-refractivity contribution is 5.76. The third kappa shape index (κ3) is 4.95. The molecule has 0 N–H and O–H groups in total. The number of hydrogen-bond acceptors (Lipinski definition) is 5. The lowest BCUT2D eigenvalue weighted by molar-refractivity contribution is -0.131. The van der Waals surface area contributed by atoms with Gasteiger partial charge in [-0.25, -0.2) is 4.98 Å². The van der Waals surface area contributed by atoms with E-state index in [1.807, 2.05) is 24.1 Å². The highest BCUT2D eigenvalue weighted by Gasteiger charge is 2.27. The summed E-state index contributed by atoms with van der Waals surface area (Å²) < 4.78 is 1.73. The van der Waals surface area contributed by atoms with Crippen LogP contribution >= 0.6 is 0 Å². The third-order valence-electron chi connectivity index (χ3n) is 6.59. The third-order valence-corrected chi connectivity index (χ3v) is 6.59. The van der Waals surface area contributed by atoms with Gasteiger partial charge in [0.1, 0.15) is 0 Å². The predicted octanol–water partition coefficient (Wildman–Crippen LogP) is 2.42. The van der Waals surface area contributed by atoms with Crippen molar-refractivity contribution in [2.45, 2.75) is 51.1 Å². The lowest BCUT2D eigenvalue weighted by Gasteiger charge is -2.36. The summed E-state index contributed by atoms with van der Waals surface area (Å²) in [6.45, 7) is 3.74. The summed E-state index contributed by atoms with van der Waals surface area (Å²) in [4.78, 5) is 37.7. The van der Waals surface area contributed by atoms with Crippen LogP contribution in [0.25, 0.3) is 11.3 Å². The molecule has 4 heterocycles. The van der Waals surface area contributed by atoms with Gasteiger partial charge in [-0.05, 0) is 56.8 Å². The Morgan fingerprint density at radius 1 is 1.10 bits per heavy atom. The van der Waals surface area contributed by atoms with Crippen molar-refractivity contribution in [3.05, 3.63) is 47.3 Å². The number of piperidine rings is 1. The average Bonchev–Trinajstić information content (AvgIpc) is 2.93. The lowest BCUT2D eigenvalue weighted by Crippen LogP contribution is -2.46. The zero-order valence-corrected chi connectivity index (χ0v) is 17.7. The molecule has 1 atom stereocenters. The Hall–Kier alpha value is -2.54. The van der Waals surface area contributed by atoms with Gasteiger partial charge in [-0.3, -0.25) is 19.1 Å². The van der Waals surface area contributed by atoms with Gasteiger partial charge in [-0.1, -0.05) is 6.42 Å². The molecule has 0 bridgehead atoms. The van der Waals surface area contributed by atoms with Crippen molar-refractivity contribution in [2.75, 3.05) is 26.7 Å². The van der Waals surface area contributed by atoms with Gasteiger partial charge < -0.3 is 9.80 Å². The maximum atomic E-state index is 12.6. The van der Waals surface area contributed by atoms with Crippen molar-refractivity contribution >= 4 is 5.91 Å². The summed E-state index contributed by atoms with van der Waals surface area (Å²) in [5.41, 5.74) is 1.52. The molecular weight excluding hydrogens is 378 g/mol. The van der Waals surface area contributed by atoms with E-state index in [9.17, 15) is 9.59 Å². The second-order valence-corrected chi connectivity index (χ2v) is 8.65. The standard InChI is InChI=1S/C23H31N5O2/c1-26-20(6-2-3-7-22(26)29)16-27-11-8-18(9-12-27)15-28-17-25-21(13-23(28)30)19-5-4-10-24-14-19/h4-5,10,13-14,17-18,20H,2-3,6-9,11-12,15-16H2,1H3. The molecule has 2 aliphatic heterocycles. The largest absolute Gasteiger partial charge is 0.341 e. The molecule has 0 saturated carbocycles.